The molecule has 74 valence electrons. The molecule has 0 saturated heterocycles. The van der Waals surface area contributed by atoms with Crippen LogP contribution in [-0.4, -0.2) is 6.10 Å². The minimum Gasteiger partial charge on any atom is -0.489 e. The van der Waals surface area contributed by atoms with Crippen LogP contribution in [0.1, 0.15) is 13.8 Å². The first-order valence-electron chi connectivity index (χ1n) is 4.36. The van der Waals surface area contributed by atoms with Crippen LogP contribution in [0.25, 0.3) is 10.3 Å². The van der Waals surface area contributed by atoms with Crippen LogP contribution in [0, 0.1) is 0 Å². The molecule has 1 aromatic carbocycles. The lowest BCUT2D eigenvalue weighted by atomic mass is 10.3. The molecule has 0 saturated carbocycles. The van der Waals surface area contributed by atoms with Crippen LogP contribution in [0.2, 0.25) is 0 Å². The van der Waals surface area contributed by atoms with Crippen molar-refractivity contribution < 1.29 is 9.15 Å². The van der Waals surface area contributed by atoms with Gasteiger partial charge in [0.1, 0.15) is 10.4 Å². The van der Waals surface area contributed by atoms with Gasteiger partial charge in [0.15, 0.2) is 5.58 Å². The lowest BCUT2D eigenvalue weighted by Gasteiger charge is -2.08. The Morgan fingerprint density at radius 1 is 1.43 bits per heavy atom. The van der Waals surface area contributed by atoms with Crippen molar-refractivity contribution in [1.82, 2.24) is 0 Å². The maximum absolute atomic E-state index is 11.0. The van der Waals surface area contributed by atoms with Crippen molar-refractivity contribution in [2.45, 2.75) is 20.0 Å². The highest BCUT2D eigenvalue weighted by Gasteiger charge is 2.08. The van der Waals surface area contributed by atoms with Gasteiger partial charge in [0.25, 0.3) is 0 Å². The number of hydrogen-bond donors (Lipinski definition) is 0. The Kier molecular flexibility index (Phi) is 2.29. The van der Waals surface area contributed by atoms with Crippen LogP contribution in [-0.2, 0) is 0 Å². The second-order valence-electron chi connectivity index (χ2n) is 3.20. The van der Waals surface area contributed by atoms with E-state index < -0.39 is 0 Å². The monoisotopic (exact) mass is 210 g/mol. The summed E-state index contributed by atoms with van der Waals surface area (Å²) in [5.41, 5.74) is 0.596. The van der Waals surface area contributed by atoms with Crippen LogP contribution in [0.5, 0.6) is 5.75 Å². The fraction of sp³-hybridized carbons (Fsp3) is 0.300. The van der Waals surface area contributed by atoms with E-state index in [2.05, 4.69) is 0 Å². The zero-order chi connectivity index (χ0) is 10.1. The first-order chi connectivity index (χ1) is 6.66. The highest BCUT2D eigenvalue weighted by molar-refractivity contribution is 7.16. The van der Waals surface area contributed by atoms with Gasteiger partial charge in [-0.3, -0.25) is 0 Å². The van der Waals surface area contributed by atoms with E-state index in [1.54, 1.807) is 6.07 Å². The highest BCUT2D eigenvalue weighted by atomic mass is 32.1. The molecule has 1 aromatic heterocycles. The summed E-state index contributed by atoms with van der Waals surface area (Å²) in [6.07, 6.45) is 0.0952. The van der Waals surface area contributed by atoms with Gasteiger partial charge < -0.3 is 9.15 Å². The SMILES string of the molecule is CC(C)Oc1cccc2oc(=O)sc12. The van der Waals surface area contributed by atoms with Gasteiger partial charge in [-0.1, -0.05) is 6.07 Å². The maximum Gasteiger partial charge on any atom is 0.396 e. The number of rotatable bonds is 2. The first kappa shape index (κ1) is 9.27. The Morgan fingerprint density at radius 3 is 2.93 bits per heavy atom. The highest BCUT2D eigenvalue weighted by Crippen LogP contribution is 2.28. The van der Waals surface area contributed by atoms with E-state index in [4.69, 9.17) is 9.15 Å². The molecule has 2 aromatic rings. The van der Waals surface area contributed by atoms with Crippen molar-refractivity contribution in [3.05, 3.63) is 27.9 Å². The summed E-state index contributed by atoms with van der Waals surface area (Å²) in [7, 11) is 0. The van der Waals surface area contributed by atoms with Crippen molar-refractivity contribution in [1.29, 1.82) is 0 Å². The van der Waals surface area contributed by atoms with Crippen molar-refractivity contribution in [3.63, 3.8) is 0 Å². The average Bonchev–Trinajstić information content (AvgIpc) is 2.45. The van der Waals surface area contributed by atoms with E-state index in [0.29, 0.717) is 11.3 Å². The molecule has 0 bridgehead atoms. The standard InChI is InChI=1S/C10H10O3S/c1-6(2)12-7-4-3-5-8-9(7)14-10(11)13-8/h3-6H,1-2H3. The zero-order valence-electron chi connectivity index (χ0n) is 7.94. The van der Waals surface area contributed by atoms with Crippen molar-refractivity contribution in [3.8, 4) is 5.75 Å². The Labute approximate surface area is 84.9 Å². The second kappa shape index (κ2) is 3.46. The number of benzene rings is 1. The number of ether oxygens (including phenoxy) is 1. The van der Waals surface area contributed by atoms with E-state index in [0.717, 1.165) is 16.0 Å². The third-order valence-corrected chi connectivity index (χ3v) is 2.54. The number of fused-ring (bicyclic) bond motifs is 1. The molecular formula is C10H10O3S. The molecule has 0 N–H and O–H groups in total. The summed E-state index contributed by atoms with van der Waals surface area (Å²) in [5.74, 6) is 0.716. The Hall–Kier alpha value is -1.29. The normalized spacial score (nSPS) is 11.1. The summed E-state index contributed by atoms with van der Waals surface area (Å²) < 4.78 is 11.3. The molecule has 2 rings (SSSR count). The molecule has 0 radical (unpaired) electrons. The van der Waals surface area contributed by atoms with Crippen LogP contribution in [0.15, 0.2) is 27.4 Å². The zero-order valence-corrected chi connectivity index (χ0v) is 8.76. The molecule has 0 aliphatic rings. The van der Waals surface area contributed by atoms with Crippen LogP contribution < -0.4 is 9.68 Å². The average molecular weight is 210 g/mol. The third kappa shape index (κ3) is 1.65. The van der Waals surface area contributed by atoms with Crippen LogP contribution in [0.3, 0.4) is 0 Å². The van der Waals surface area contributed by atoms with Crippen molar-refractivity contribution >= 4 is 21.6 Å². The second-order valence-corrected chi connectivity index (χ2v) is 4.15. The Morgan fingerprint density at radius 2 is 2.21 bits per heavy atom. The predicted molar refractivity (Wildman–Crippen MR) is 56.1 cm³/mol. The van der Waals surface area contributed by atoms with Gasteiger partial charge in [0, 0.05) is 0 Å². The lowest BCUT2D eigenvalue weighted by Crippen LogP contribution is -2.05. The minimum atomic E-state index is -0.292. The molecule has 0 fully saturated rings. The summed E-state index contributed by atoms with van der Waals surface area (Å²) in [6.45, 7) is 3.89. The summed E-state index contributed by atoms with van der Waals surface area (Å²) in [5, 5.41) is 0. The maximum atomic E-state index is 11.0. The van der Waals surface area contributed by atoms with E-state index >= 15 is 0 Å². The number of hydrogen-bond acceptors (Lipinski definition) is 4. The first-order valence-corrected chi connectivity index (χ1v) is 5.18. The van der Waals surface area contributed by atoms with Gasteiger partial charge in [-0.05, 0) is 37.3 Å². The third-order valence-electron chi connectivity index (χ3n) is 1.68. The largest absolute Gasteiger partial charge is 0.489 e. The summed E-state index contributed by atoms with van der Waals surface area (Å²) in [4.78, 5) is 10.7. The fourth-order valence-electron chi connectivity index (χ4n) is 1.22. The van der Waals surface area contributed by atoms with Gasteiger partial charge in [-0.2, -0.15) is 0 Å². The van der Waals surface area contributed by atoms with E-state index in [1.165, 1.54) is 0 Å². The van der Waals surface area contributed by atoms with Crippen molar-refractivity contribution in [2.24, 2.45) is 0 Å². The summed E-state index contributed by atoms with van der Waals surface area (Å²) >= 11 is 1.07. The fourth-order valence-corrected chi connectivity index (χ4v) is 1.94. The van der Waals surface area contributed by atoms with Crippen LogP contribution >= 0.6 is 11.3 Å². The molecule has 0 spiro atoms. The summed E-state index contributed by atoms with van der Waals surface area (Å²) in [6, 6.07) is 5.42. The quantitative estimate of drug-likeness (QED) is 0.765. The van der Waals surface area contributed by atoms with E-state index in [-0.39, 0.29) is 11.0 Å². The van der Waals surface area contributed by atoms with Gasteiger partial charge in [-0.25, -0.2) is 4.79 Å². The smallest absolute Gasteiger partial charge is 0.396 e. The van der Waals surface area contributed by atoms with Crippen molar-refractivity contribution in [2.75, 3.05) is 0 Å². The van der Waals surface area contributed by atoms with Gasteiger partial charge in [0.05, 0.1) is 6.10 Å². The Balaban J connectivity index is 2.58. The minimum absolute atomic E-state index is 0.0952. The molecule has 0 unspecified atom stereocenters. The van der Waals surface area contributed by atoms with Gasteiger partial charge in [-0.15, -0.1) is 0 Å². The Bertz CT molecular complexity index is 495. The molecule has 0 aliphatic heterocycles. The van der Waals surface area contributed by atoms with Gasteiger partial charge >= 0.3 is 4.94 Å². The molecular weight excluding hydrogens is 200 g/mol. The molecule has 14 heavy (non-hydrogen) atoms. The molecule has 0 atom stereocenters. The lowest BCUT2D eigenvalue weighted by molar-refractivity contribution is 0.246. The molecule has 3 nitrogen and oxygen atoms in total. The van der Waals surface area contributed by atoms with E-state index in [1.807, 2.05) is 26.0 Å². The molecule has 1 heterocycles. The molecule has 0 amide bonds. The van der Waals surface area contributed by atoms with Crippen LogP contribution in [0.4, 0.5) is 0 Å². The molecule has 0 aliphatic carbocycles. The predicted octanol–water partition coefficient (Wildman–Crippen LogP) is 2.64. The van der Waals surface area contributed by atoms with Gasteiger partial charge in [0.2, 0.25) is 0 Å². The molecule has 4 heteroatoms. The topological polar surface area (TPSA) is 39.4 Å². The van der Waals surface area contributed by atoms with E-state index in [9.17, 15) is 4.79 Å².